The van der Waals surface area contributed by atoms with Gasteiger partial charge in [-0.15, -0.1) is 0 Å². The Hall–Kier alpha value is -3.02. The fourth-order valence-corrected chi connectivity index (χ4v) is 4.49. The summed E-state index contributed by atoms with van der Waals surface area (Å²) in [7, 11) is 3.25. The topological polar surface area (TPSA) is 60.4 Å². The van der Waals surface area contributed by atoms with Crippen molar-refractivity contribution in [1.29, 1.82) is 0 Å². The van der Waals surface area contributed by atoms with E-state index >= 15 is 0 Å². The van der Waals surface area contributed by atoms with E-state index in [2.05, 4.69) is 5.16 Å². The summed E-state index contributed by atoms with van der Waals surface area (Å²) in [6.07, 6.45) is 0.472. The Morgan fingerprint density at radius 3 is 2.59 bits per heavy atom. The van der Waals surface area contributed by atoms with E-state index in [1.165, 1.54) is 5.56 Å². The van der Waals surface area contributed by atoms with Crippen molar-refractivity contribution in [1.82, 2.24) is 4.90 Å². The van der Waals surface area contributed by atoms with Gasteiger partial charge in [0, 0.05) is 12.1 Å². The van der Waals surface area contributed by atoms with Crippen molar-refractivity contribution in [2.75, 3.05) is 20.8 Å². The quantitative estimate of drug-likeness (QED) is 0.840. The van der Waals surface area contributed by atoms with Crippen LogP contribution in [-0.2, 0) is 16.1 Å². The third-order valence-electron chi connectivity index (χ3n) is 5.75. The van der Waals surface area contributed by atoms with Crippen molar-refractivity contribution in [3.63, 3.8) is 0 Å². The Morgan fingerprint density at radius 1 is 1.11 bits per heavy atom. The first-order valence-electron chi connectivity index (χ1n) is 9.07. The number of methoxy groups -OCH3 is 2. The zero-order valence-electron chi connectivity index (χ0n) is 15.2. The Kier molecular flexibility index (Phi) is 3.60. The van der Waals surface area contributed by atoms with Gasteiger partial charge in [0.1, 0.15) is 11.6 Å². The molecule has 2 aromatic carbocycles. The van der Waals surface area contributed by atoms with E-state index < -0.39 is 0 Å². The highest BCUT2D eigenvalue weighted by Gasteiger charge is 2.57. The van der Waals surface area contributed by atoms with E-state index in [0.29, 0.717) is 18.0 Å². The lowest BCUT2D eigenvalue weighted by Gasteiger charge is -2.33. The minimum Gasteiger partial charge on any atom is -0.493 e. The molecule has 0 aromatic heterocycles. The molecule has 3 aliphatic rings. The van der Waals surface area contributed by atoms with Crippen LogP contribution in [0.4, 0.5) is 0 Å². The number of ether oxygens (including phenoxy) is 2. The molecule has 1 saturated heterocycles. The number of benzene rings is 2. The maximum Gasteiger partial charge on any atom is 0.236 e. The smallest absolute Gasteiger partial charge is 0.236 e. The summed E-state index contributed by atoms with van der Waals surface area (Å²) >= 11 is 0. The molecule has 0 radical (unpaired) electrons. The number of hydrogen-bond donors (Lipinski definition) is 0. The lowest BCUT2D eigenvalue weighted by molar-refractivity contribution is -0.130. The standard InChI is InChI=1S/C21H20N2O4/c1-25-15-10-13-8-9-23-19(14(13)11-16(15)26-2)20-17(21(23)24)18(22-27-20)12-6-4-3-5-7-12/h3-7,10-11,17,19-20H,8-9H2,1-2H3/t17-,19+,20+/m1/s1. The fraction of sp³-hybridized carbons (Fsp3) is 0.333. The Balaban J connectivity index is 1.57. The van der Waals surface area contributed by atoms with Crippen LogP contribution in [0.3, 0.4) is 0 Å². The van der Waals surface area contributed by atoms with Crippen LogP contribution < -0.4 is 9.47 Å². The number of rotatable bonds is 3. The molecule has 27 heavy (non-hydrogen) atoms. The maximum atomic E-state index is 13.2. The molecule has 2 aromatic rings. The molecule has 0 bridgehead atoms. The van der Waals surface area contributed by atoms with Crippen LogP contribution in [0.15, 0.2) is 47.6 Å². The minimum absolute atomic E-state index is 0.0885. The molecule has 0 unspecified atom stereocenters. The van der Waals surface area contributed by atoms with Crippen LogP contribution >= 0.6 is 0 Å². The first-order chi connectivity index (χ1) is 13.2. The summed E-state index contributed by atoms with van der Waals surface area (Å²) in [4.78, 5) is 21.0. The van der Waals surface area contributed by atoms with Crippen LogP contribution in [0.1, 0.15) is 22.7 Å². The highest BCUT2D eigenvalue weighted by atomic mass is 16.6. The van der Waals surface area contributed by atoms with Gasteiger partial charge < -0.3 is 19.2 Å². The van der Waals surface area contributed by atoms with Gasteiger partial charge in [0.15, 0.2) is 17.6 Å². The van der Waals surface area contributed by atoms with Crippen molar-refractivity contribution in [2.45, 2.75) is 18.6 Å². The summed E-state index contributed by atoms with van der Waals surface area (Å²) in [6.45, 7) is 0.671. The number of carbonyl (C=O) groups excluding carboxylic acids is 1. The van der Waals surface area contributed by atoms with Crippen molar-refractivity contribution in [2.24, 2.45) is 11.1 Å². The van der Waals surface area contributed by atoms with Crippen molar-refractivity contribution < 1.29 is 19.1 Å². The Morgan fingerprint density at radius 2 is 1.85 bits per heavy atom. The van der Waals surface area contributed by atoms with E-state index in [9.17, 15) is 4.79 Å². The van der Waals surface area contributed by atoms with Gasteiger partial charge in [0.25, 0.3) is 0 Å². The molecule has 138 valence electrons. The van der Waals surface area contributed by atoms with E-state index in [1.54, 1.807) is 14.2 Å². The molecule has 0 aliphatic carbocycles. The molecule has 6 nitrogen and oxygen atoms in total. The second-order valence-corrected chi connectivity index (χ2v) is 7.02. The highest BCUT2D eigenvalue weighted by molar-refractivity contribution is 6.15. The third-order valence-corrected chi connectivity index (χ3v) is 5.75. The van der Waals surface area contributed by atoms with Crippen molar-refractivity contribution >= 4 is 11.6 Å². The molecule has 3 heterocycles. The average Bonchev–Trinajstić information content (AvgIpc) is 3.27. The van der Waals surface area contributed by atoms with Gasteiger partial charge in [-0.05, 0) is 29.7 Å². The molecule has 1 fully saturated rings. The van der Waals surface area contributed by atoms with Crippen LogP contribution in [-0.4, -0.2) is 43.4 Å². The molecule has 3 aliphatic heterocycles. The zero-order valence-corrected chi connectivity index (χ0v) is 15.2. The Labute approximate surface area is 157 Å². The predicted octanol–water partition coefficient (Wildman–Crippen LogP) is 2.56. The lowest BCUT2D eigenvalue weighted by Crippen LogP contribution is -2.37. The van der Waals surface area contributed by atoms with Gasteiger partial charge in [-0.25, -0.2) is 0 Å². The summed E-state index contributed by atoms with van der Waals surface area (Å²) in [5.41, 5.74) is 3.89. The minimum atomic E-state index is -0.364. The highest BCUT2D eigenvalue weighted by Crippen LogP contribution is 2.48. The Bertz CT molecular complexity index is 941. The van der Waals surface area contributed by atoms with Crippen LogP contribution in [0.5, 0.6) is 11.5 Å². The fourth-order valence-electron chi connectivity index (χ4n) is 4.49. The average molecular weight is 364 g/mol. The zero-order chi connectivity index (χ0) is 18.5. The van der Waals surface area contributed by atoms with Gasteiger partial charge in [0.05, 0.1) is 20.3 Å². The van der Waals surface area contributed by atoms with Crippen molar-refractivity contribution in [3.05, 3.63) is 59.2 Å². The number of oxime groups is 1. The van der Waals surface area contributed by atoms with E-state index in [1.807, 2.05) is 47.4 Å². The SMILES string of the molecule is COc1cc2c(cc1OC)[C@H]1[C@H]3ON=C(c4ccccc4)[C@H]3C(=O)N1CC2. The second-order valence-electron chi connectivity index (χ2n) is 7.02. The van der Waals surface area contributed by atoms with Gasteiger partial charge >= 0.3 is 0 Å². The second kappa shape index (κ2) is 6.01. The van der Waals surface area contributed by atoms with Crippen molar-refractivity contribution in [3.8, 4) is 11.5 Å². The van der Waals surface area contributed by atoms with E-state index in [-0.39, 0.29) is 24.0 Å². The number of carbonyl (C=O) groups is 1. The number of fused-ring (bicyclic) bond motifs is 5. The molecule has 1 amide bonds. The molecule has 0 spiro atoms. The largest absolute Gasteiger partial charge is 0.493 e. The van der Waals surface area contributed by atoms with E-state index in [0.717, 1.165) is 23.3 Å². The normalized spacial score (nSPS) is 25.3. The molecular formula is C21H20N2O4. The monoisotopic (exact) mass is 364 g/mol. The lowest BCUT2D eigenvalue weighted by atomic mass is 9.87. The summed E-state index contributed by atoms with van der Waals surface area (Å²) in [6, 6.07) is 13.6. The first-order valence-corrected chi connectivity index (χ1v) is 9.07. The number of amides is 1. The maximum absolute atomic E-state index is 13.2. The molecule has 0 saturated carbocycles. The first kappa shape index (κ1) is 16.2. The number of hydrogen-bond acceptors (Lipinski definition) is 5. The van der Waals surface area contributed by atoms with E-state index in [4.69, 9.17) is 14.3 Å². The van der Waals surface area contributed by atoms with Crippen LogP contribution in [0.25, 0.3) is 0 Å². The molecule has 3 atom stereocenters. The molecule has 5 rings (SSSR count). The van der Waals surface area contributed by atoms with Gasteiger partial charge in [-0.2, -0.15) is 0 Å². The molecule has 6 heteroatoms. The predicted molar refractivity (Wildman–Crippen MR) is 99.0 cm³/mol. The van der Waals surface area contributed by atoms with Gasteiger partial charge in [0.2, 0.25) is 5.91 Å². The summed E-state index contributed by atoms with van der Waals surface area (Å²) in [5.74, 6) is 1.09. The van der Waals surface area contributed by atoms with Crippen LogP contribution in [0.2, 0.25) is 0 Å². The van der Waals surface area contributed by atoms with Gasteiger partial charge in [-0.3, -0.25) is 4.79 Å². The third kappa shape index (κ3) is 2.25. The van der Waals surface area contributed by atoms with Crippen LogP contribution in [0, 0.1) is 5.92 Å². The summed E-state index contributed by atoms with van der Waals surface area (Å²) in [5, 5.41) is 4.29. The van der Waals surface area contributed by atoms with Gasteiger partial charge in [-0.1, -0.05) is 35.5 Å². The molecule has 0 N–H and O–H groups in total. The number of nitrogens with zero attached hydrogens (tertiary/aromatic N) is 2. The summed E-state index contributed by atoms with van der Waals surface area (Å²) < 4.78 is 10.9. The molecular weight excluding hydrogens is 344 g/mol.